The maximum atomic E-state index is 13.3. The number of aromatic nitrogens is 2. The maximum absolute atomic E-state index is 13.3. The highest BCUT2D eigenvalue weighted by atomic mass is 32.2. The van der Waals surface area contributed by atoms with Gasteiger partial charge in [0.1, 0.15) is 0 Å². The number of rotatable bonds is 7. The highest BCUT2D eigenvalue weighted by Crippen LogP contribution is 2.40. The van der Waals surface area contributed by atoms with Gasteiger partial charge in [0.05, 0.1) is 17.1 Å². The van der Waals surface area contributed by atoms with Crippen molar-refractivity contribution in [1.29, 1.82) is 0 Å². The number of hydrogen-bond acceptors (Lipinski definition) is 7. The molecule has 0 saturated carbocycles. The average Bonchev–Trinajstić information content (AvgIpc) is 3.47. The Bertz CT molecular complexity index is 1080. The first-order valence-electron chi connectivity index (χ1n) is 12.0. The van der Waals surface area contributed by atoms with Crippen LogP contribution in [0.15, 0.2) is 27.6 Å². The molecule has 8 nitrogen and oxygen atoms in total. The molecule has 0 N–H and O–H groups in total. The molecule has 3 heterocycles. The van der Waals surface area contributed by atoms with E-state index in [2.05, 4.69) is 10.1 Å². The van der Waals surface area contributed by atoms with Crippen molar-refractivity contribution in [2.45, 2.75) is 68.3 Å². The van der Waals surface area contributed by atoms with Gasteiger partial charge in [-0.25, -0.2) is 8.42 Å². The van der Waals surface area contributed by atoms with Gasteiger partial charge in [-0.05, 0) is 74.1 Å². The van der Waals surface area contributed by atoms with Crippen molar-refractivity contribution in [3.05, 3.63) is 41.0 Å². The molecule has 1 unspecified atom stereocenters. The third-order valence-electron chi connectivity index (χ3n) is 7.44. The van der Waals surface area contributed by atoms with Crippen LogP contribution >= 0.6 is 0 Å². The quantitative estimate of drug-likeness (QED) is 0.608. The first-order valence-corrected chi connectivity index (χ1v) is 13.5. The Morgan fingerprint density at radius 1 is 1.21 bits per heavy atom. The van der Waals surface area contributed by atoms with E-state index < -0.39 is 10.0 Å². The van der Waals surface area contributed by atoms with Gasteiger partial charge in [0.2, 0.25) is 15.9 Å². The molecular weight excluding hydrogens is 442 g/mol. The number of piperidine rings is 1. The molecule has 1 aromatic carbocycles. The first-order chi connectivity index (χ1) is 16.0. The number of methoxy groups -OCH3 is 1. The lowest BCUT2D eigenvalue weighted by atomic mass is 9.79. The van der Waals surface area contributed by atoms with Crippen LogP contribution in [0.2, 0.25) is 0 Å². The number of hydrogen-bond donors (Lipinski definition) is 0. The minimum absolute atomic E-state index is 0.258. The minimum Gasteiger partial charge on any atom is -0.384 e. The fraction of sp³-hybridized carbons (Fsp3) is 0.667. The van der Waals surface area contributed by atoms with Gasteiger partial charge in [-0.15, -0.1) is 0 Å². The molecule has 33 heavy (non-hydrogen) atoms. The number of nitrogens with zero attached hydrogens (tertiary/aromatic N) is 3. The summed E-state index contributed by atoms with van der Waals surface area (Å²) in [4.78, 5) is 4.92. The zero-order valence-corrected chi connectivity index (χ0v) is 20.1. The zero-order chi connectivity index (χ0) is 22.9. The van der Waals surface area contributed by atoms with Gasteiger partial charge in [0, 0.05) is 39.6 Å². The number of aryl methyl sites for hydroxylation is 2. The van der Waals surface area contributed by atoms with Crippen LogP contribution in [0.3, 0.4) is 0 Å². The molecule has 2 aromatic rings. The topological polar surface area (TPSA) is 94.8 Å². The summed E-state index contributed by atoms with van der Waals surface area (Å²) in [5, 5.41) is 4.04. The van der Waals surface area contributed by atoms with E-state index in [1.807, 2.05) is 12.1 Å². The van der Waals surface area contributed by atoms with Gasteiger partial charge in [0.15, 0.2) is 5.82 Å². The molecule has 2 saturated heterocycles. The van der Waals surface area contributed by atoms with Crippen LogP contribution in [-0.4, -0.2) is 61.9 Å². The van der Waals surface area contributed by atoms with Gasteiger partial charge in [-0.2, -0.15) is 9.29 Å². The van der Waals surface area contributed by atoms with Crippen molar-refractivity contribution in [2.24, 2.45) is 5.92 Å². The van der Waals surface area contributed by atoms with Gasteiger partial charge >= 0.3 is 0 Å². The van der Waals surface area contributed by atoms with E-state index in [1.54, 1.807) is 17.5 Å². The molecule has 9 heteroatoms. The van der Waals surface area contributed by atoms with Crippen molar-refractivity contribution in [1.82, 2.24) is 14.4 Å². The number of ether oxygens (including phenoxy) is 2. The van der Waals surface area contributed by atoms with E-state index in [-0.39, 0.29) is 5.60 Å². The molecule has 0 radical (unpaired) electrons. The van der Waals surface area contributed by atoms with Crippen molar-refractivity contribution < 1.29 is 22.4 Å². The van der Waals surface area contributed by atoms with Crippen LogP contribution in [-0.2, 0) is 45.2 Å². The van der Waals surface area contributed by atoms with E-state index in [0.717, 1.165) is 51.4 Å². The normalized spacial score (nSPS) is 23.1. The molecule has 1 atom stereocenters. The third kappa shape index (κ3) is 4.87. The van der Waals surface area contributed by atoms with Crippen LogP contribution in [0.4, 0.5) is 0 Å². The van der Waals surface area contributed by atoms with Gasteiger partial charge in [0.25, 0.3) is 0 Å². The summed E-state index contributed by atoms with van der Waals surface area (Å²) < 4.78 is 45.0. The molecule has 5 rings (SSSR count). The molecule has 1 aliphatic carbocycles. The van der Waals surface area contributed by atoms with E-state index in [0.29, 0.717) is 55.3 Å². The van der Waals surface area contributed by atoms with Crippen molar-refractivity contribution in [2.75, 3.05) is 33.4 Å². The Balaban J connectivity index is 1.20. The highest BCUT2D eigenvalue weighted by molar-refractivity contribution is 7.89. The largest absolute Gasteiger partial charge is 0.384 e. The van der Waals surface area contributed by atoms with Crippen LogP contribution in [0.1, 0.15) is 54.9 Å². The van der Waals surface area contributed by atoms with Gasteiger partial charge < -0.3 is 14.0 Å². The standard InChI is InChI=1S/C24H33N3O5S/c1-30-13-8-22-25-23(32-26-22)15-18-7-14-31-24(17-18)9-11-27(12-10-24)33(28,29)21-6-5-19-3-2-4-20(19)16-21/h5-6,16,18H,2-4,7-15,17H2,1H3. The van der Waals surface area contributed by atoms with Gasteiger partial charge in [-0.1, -0.05) is 11.2 Å². The Kier molecular flexibility index (Phi) is 6.57. The lowest BCUT2D eigenvalue weighted by Crippen LogP contribution is -2.50. The molecule has 0 bridgehead atoms. The molecule has 2 fully saturated rings. The zero-order valence-electron chi connectivity index (χ0n) is 19.3. The molecular formula is C24H33N3O5S. The number of sulfonamides is 1. The SMILES string of the molecule is COCCc1noc(CC2CCOC3(CCN(S(=O)(=O)c4ccc5c(c4)CCC5)CC3)C2)n1. The Morgan fingerprint density at radius 3 is 2.85 bits per heavy atom. The van der Waals surface area contributed by atoms with Gasteiger partial charge in [-0.3, -0.25) is 0 Å². The minimum atomic E-state index is -3.47. The van der Waals surface area contributed by atoms with Crippen LogP contribution < -0.4 is 0 Å². The second kappa shape index (κ2) is 9.44. The molecule has 180 valence electrons. The van der Waals surface area contributed by atoms with E-state index in [1.165, 1.54) is 11.1 Å². The first kappa shape index (κ1) is 23.0. The summed E-state index contributed by atoms with van der Waals surface area (Å²) in [6, 6.07) is 5.66. The van der Waals surface area contributed by atoms with E-state index >= 15 is 0 Å². The smallest absolute Gasteiger partial charge is 0.243 e. The van der Waals surface area contributed by atoms with Crippen molar-refractivity contribution in [3.63, 3.8) is 0 Å². The van der Waals surface area contributed by atoms with E-state index in [4.69, 9.17) is 14.0 Å². The average molecular weight is 476 g/mol. The Morgan fingerprint density at radius 2 is 2.03 bits per heavy atom. The highest BCUT2D eigenvalue weighted by Gasteiger charge is 2.43. The van der Waals surface area contributed by atoms with E-state index in [9.17, 15) is 8.42 Å². The Labute approximate surface area is 195 Å². The molecule has 1 aromatic heterocycles. The third-order valence-corrected chi connectivity index (χ3v) is 9.33. The summed E-state index contributed by atoms with van der Waals surface area (Å²) in [6.07, 6.45) is 7.82. The molecule has 2 aliphatic heterocycles. The number of fused-ring (bicyclic) bond motifs is 1. The summed E-state index contributed by atoms with van der Waals surface area (Å²) in [5.74, 6) is 1.74. The predicted octanol–water partition coefficient (Wildman–Crippen LogP) is 2.94. The predicted molar refractivity (Wildman–Crippen MR) is 121 cm³/mol. The van der Waals surface area contributed by atoms with Crippen molar-refractivity contribution in [3.8, 4) is 0 Å². The van der Waals surface area contributed by atoms with Crippen LogP contribution in [0.5, 0.6) is 0 Å². The lowest BCUT2D eigenvalue weighted by Gasteiger charge is -2.45. The monoisotopic (exact) mass is 475 g/mol. The summed E-state index contributed by atoms with van der Waals surface area (Å²) >= 11 is 0. The fourth-order valence-electron chi connectivity index (χ4n) is 5.56. The molecule has 0 amide bonds. The van der Waals surface area contributed by atoms with Crippen LogP contribution in [0, 0.1) is 5.92 Å². The fourth-order valence-corrected chi connectivity index (χ4v) is 7.05. The lowest BCUT2D eigenvalue weighted by molar-refractivity contribution is -0.121. The maximum Gasteiger partial charge on any atom is 0.243 e. The Hall–Kier alpha value is -1.81. The number of benzene rings is 1. The second-order valence-corrected chi connectivity index (χ2v) is 11.6. The summed E-state index contributed by atoms with van der Waals surface area (Å²) in [6.45, 7) is 2.25. The van der Waals surface area contributed by atoms with Crippen molar-refractivity contribution >= 4 is 10.0 Å². The summed E-state index contributed by atoms with van der Waals surface area (Å²) in [7, 11) is -1.81. The molecule has 1 spiro atoms. The second-order valence-electron chi connectivity index (χ2n) is 9.63. The van der Waals surface area contributed by atoms with Crippen LogP contribution in [0.25, 0.3) is 0 Å². The summed E-state index contributed by atoms with van der Waals surface area (Å²) in [5.41, 5.74) is 2.22. The molecule has 3 aliphatic rings.